The SMILES string of the molecule is CC(CO)CCCN1C(=O)C=CC1=O. The molecule has 1 aliphatic rings. The summed E-state index contributed by atoms with van der Waals surface area (Å²) in [5.41, 5.74) is 0. The average molecular weight is 197 g/mol. The van der Waals surface area contributed by atoms with Crippen LogP contribution in [0.5, 0.6) is 0 Å². The van der Waals surface area contributed by atoms with E-state index in [1.807, 2.05) is 6.92 Å². The Labute approximate surface area is 83.2 Å². The zero-order valence-corrected chi connectivity index (χ0v) is 8.27. The molecule has 1 rings (SSSR count). The van der Waals surface area contributed by atoms with Crippen molar-refractivity contribution in [2.24, 2.45) is 5.92 Å². The van der Waals surface area contributed by atoms with Crippen molar-refractivity contribution in [3.63, 3.8) is 0 Å². The van der Waals surface area contributed by atoms with E-state index in [9.17, 15) is 9.59 Å². The molecule has 4 heteroatoms. The van der Waals surface area contributed by atoms with Gasteiger partial charge >= 0.3 is 0 Å². The highest BCUT2D eigenvalue weighted by atomic mass is 16.3. The first kappa shape index (κ1) is 10.9. The Balaban J connectivity index is 2.25. The summed E-state index contributed by atoms with van der Waals surface area (Å²) in [6.07, 6.45) is 4.16. The smallest absolute Gasteiger partial charge is 0.253 e. The summed E-state index contributed by atoms with van der Waals surface area (Å²) >= 11 is 0. The molecule has 78 valence electrons. The predicted molar refractivity (Wildman–Crippen MR) is 51.3 cm³/mol. The molecule has 0 aromatic carbocycles. The lowest BCUT2D eigenvalue weighted by Gasteiger charge is -2.14. The van der Waals surface area contributed by atoms with Gasteiger partial charge in [-0.2, -0.15) is 0 Å². The molecule has 1 aliphatic heterocycles. The molecule has 1 atom stereocenters. The van der Waals surface area contributed by atoms with Gasteiger partial charge in [0, 0.05) is 25.3 Å². The van der Waals surface area contributed by atoms with Gasteiger partial charge in [-0.15, -0.1) is 0 Å². The van der Waals surface area contributed by atoms with Crippen LogP contribution >= 0.6 is 0 Å². The van der Waals surface area contributed by atoms with Gasteiger partial charge in [0.25, 0.3) is 11.8 Å². The summed E-state index contributed by atoms with van der Waals surface area (Å²) in [5.74, 6) is -0.228. The third kappa shape index (κ3) is 2.67. The summed E-state index contributed by atoms with van der Waals surface area (Å²) in [5, 5.41) is 8.77. The molecular formula is C10H15NO3. The molecule has 1 N–H and O–H groups in total. The first-order valence-electron chi connectivity index (χ1n) is 4.79. The fraction of sp³-hybridized carbons (Fsp3) is 0.600. The molecule has 0 saturated carbocycles. The van der Waals surface area contributed by atoms with Gasteiger partial charge in [0.2, 0.25) is 0 Å². The quantitative estimate of drug-likeness (QED) is 0.646. The fourth-order valence-electron chi connectivity index (χ4n) is 1.34. The van der Waals surface area contributed by atoms with Crippen LogP contribution in [0.2, 0.25) is 0 Å². The second-order valence-corrected chi connectivity index (χ2v) is 3.59. The van der Waals surface area contributed by atoms with Crippen molar-refractivity contribution in [3.8, 4) is 0 Å². The van der Waals surface area contributed by atoms with Gasteiger partial charge in [-0.05, 0) is 18.8 Å². The number of hydrogen-bond acceptors (Lipinski definition) is 3. The van der Waals surface area contributed by atoms with Crippen molar-refractivity contribution < 1.29 is 14.7 Å². The second kappa shape index (κ2) is 4.91. The topological polar surface area (TPSA) is 57.6 Å². The maximum absolute atomic E-state index is 11.1. The monoisotopic (exact) mass is 197 g/mol. The summed E-state index contributed by atoms with van der Waals surface area (Å²) < 4.78 is 0. The van der Waals surface area contributed by atoms with E-state index < -0.39 is 0 Å². The van der Waals surface area contributed by atoms with Crippen LogP contribution in [0.25, 0.3) is 0 Å². The van der Waals surface area contributed by atoms with Crippen LogP contribution in [-0.2, 0) is 9.59 Å². The number of amides is 2. The highest BCUT2D eigenvalue weighted by Crippen LogP contribution is 2.09. The van der Waals surface area contributed by atoms with Crippen molar-refractivity contribution >= 4 is 11.8 Å². The highest BCUT2D eigenvalue weighted by molar-refractivity contribution is 6.12. The van der Waals surface area contributed by atoms with E-state index >= 15 is 0 Å². The number of nitrogens with zero attached hydrogens (tertiary/aromatic N) is 1. The first-order chi connectivity index (χ1) is 6.65. The Hall–Kier alpha value is -1.16. The van der Waals surface area contributed by atoms with Gasteiger partial charge in [0.15, 0.2) is 0 Å². The molecule has 2 amide bonds. The number of aliphatic hydroxyl groups is 1. The molecule has 1 unspecified atom stereocenters. The Bertz CT molecular complexity index is 242. The Morgan fingerprint density at radius 1 is 1.36 bits per heavy atom. The van der Waals surface area contributed by atoms with Crippen molar-refractivity contribution in [1.82, 2.24) is 4.90 Å². The summed E-state index contributed by atoms with van der Waals surface area (Å²) in [7, 11) is 0. The lowest BCUT2D eigenvalue weighted by molar-refractivity contribution is -0.136. The van der Waals surface area contributed by atoms with Crippen LogP contribution in [-0.4, -0.2) is 35.0 Å². The van der Waals surface area contributed by atoms with E-state index in [2.05, 4.69) is 0 Å². The third-order valence-electron chi connectivity index (χ3n) is 2.29. The molecule has 0 saturated heterocycles. The Kier molecular flexibility index (Phi) is 3.83. The van der Waals surface area contributed by atoms with Crippen molar-refractivity contribution in [3.05, 3.63) is 12.2 Å². The van der Waals surface area contributed by atoms with E-state index in [1.165, 1.54) is 17.1 Å². The minimum atomic E-state index is -0.230. The highest BCUT2D eigenvalue weighted by Gasteiger charge is 2.22. The largest absolute Gasteiger partial charge is 0.396 e. The molecule has 0 spiro atoms. The summed E-state index contributed by atoms with van der Waals surface area (Å²) in [6.45, 7) is 2.54. The summed E-state index contributed by atoms with van der Waals surface area (Å²) in [6, 6.07) is 0. The Morgan fingerprint density at radius 3 is 2.43 bits per heavy atom. The van der Waals surface area contributed by atoms with E-state index in [-0.39, 0.29) is 24.3 Å². The number of hydrogen-bond donors (Lipinski definition) is 1. The van der Waals surface area contributed by atoms with Crippen molar-refractivity contribution in [2.75, 3.05) is 13.2 Å². The normalized spacial score (nSPS) is 18.0. The molecule has 0 radical (unpaired) electrons. The Morgan fingerprint density at radius 2 is 1.93 bits per heavy atom. The number of imide groups is 1. The van der Waals surface area contributed by atoms with Crippen LogP contribution in [0.3, 0.4) is 0 Å². The molecule has 1 heterocycles. The molecule has 0 fully saturated rings. The van der Waals surface area contributed by atoms with Crippen LogP contribution in [0.4, 0.5) is 0 Å². The molecule has 0 aromatic heterocycles. The van der Waals surface area contributed by atoms with Gasteiger partial charge in [-0.3, -0.25) is 14.5 Å². The zero-order chi connectivity index (χ0) is 10.6. The zero-order valence-electron chi connectivity index (χ0n) is 8.27. The van der Waals surface area contributed by atoms with Gasteiger partial charge in [-0.1, -0.05) is 6.92 Å². The number of carbonyl (C=O) groups is 2. The maximum atomic E-state index is 11.1. The van der Waals surface area contributed by atoms with Crippen LogP contribution in [0.1, 0.15) is 19.8 Å². The van der Waals surface area contributed by atoms with E-state index in [0.717, 1.165) is 12.8 Å². The molecule has 14 heavy (non-hydrogen) atoms. The van der Waals surface area contributed by atoms with Gasteiger partial charge in [0.05, 0.1) is 0 Å². The molecular weight excluding hydrogens is 182 g/mol. The minimum Gasteiger partial charge on any atom is -0.396 e. The third-order valence-corrected chi connectivity index (χ3v) is 2.29. The standard InChI is InChI=1S/C10H15NO3/c1-8(7-12)3-2-6-11-9(13)4-5-10(11)14/h4-5,8,12H,2-3,6-7H2,1H3. The number of rotatable bonds is 5. The average Bonchev–Trinajstić information content (AvgIpc) is 2.48. The van der Waals surface area contributed by atoms with E-state index in [0.29, 0.717) is 6.54 Å². The first-order valence-corrected chi connectivity index (χ1v) is 4.79. The summed E-state index contributed by atoms with van der Waals surface area (Å²) in [4.78, 5) is 23.4. The van der Waals surface area contributed by atoms with Crippen LogP contribution in [0, 0.1) is 5.92 Å². The molecule has 0 bridgehead atoms. The van der Waals surface area contributed by atoms with E-state index in [1.54, 1.807) is 0 Å². The second-order valence-electron chi connectivity index (χ2n) is 3.59. The molecule has 0 aromatic rings. The number of aliphatic hydroxyl groups excluding tert-OH is 1. The van der Waals surface area contributed by atoms with Crippen LogP contribution in [0.15, 0.2) is 12.2 Å². The molecule has 0 aliphatic carbocycles. The van der Waals surface area contributed by atoms with Gasteiger partial charge < -0.3 is 5.11 Å². The van der Waals surface area contributed by atoms with Crippen LogP contribution < -0.4 is 0 Å². The predicted octanol–water partition coefficient (Wildman–Crippen LogP) is 0.320. The van der Waals surface area contributed by atoms with Gasteiger partial charge in [0.1, 0.15) is 0 Å². The maximum Gasteiger partial charge on any atom is 0.253 e. The van der Waals surface area contributed by atoms with Crippen molar-refractivity contribution in [1.29, 1.82) is 0 Å². The van der Waals surface area contributed by atoms with E-state index in [4.69, 9.17) is 5.11 Å². The minimum absolute atomic E-state index is 0.153. The van der Waals surface area contributed by atoms with Gasteiger partial charge in [-0.25, -0.2) is 0 Å². The number of carbonyl (C=O) groups excluding carboxylic acids is 2. The van der Waals surface area contributed by atoms with Crippen molar-refractivity contribution in [2.45, 2.75) is 19.8 Å². The molecule has 4 nitrogen and oxygen atoms in total. The lowest BCUT2D eigenvalue weighted by Crippen LogP contribution is -2.31. The lowest BCUT2D eigenvalue weighted by atomic mass is 10.1. The fourth-order valence-corrected chi connectivity index (χ4v) is 1.34.